The van der Waals surface area contributed by atoms with Gasteiger partial charge in [0.2, 0.25) is 11.6 Å². The Labute approximate surface area is 123 Å². The molecule has 0 saturated carbocycles. The molecular weight excluding hydrogens is 268 g/mol. The summed E-state index contributed by atoms with van der Waals surface area (Å²) in [6, 6.07) is 3.85. The van der Waals surface area contributed by atoms with E-state index in [4.69, 9.17) is 9.47 Å². The van der Waals surface area contributed by atoms with Gasteiger partial charge >= 0.3 is 0 Å². The van der Waals surface area contributed by atoms with Gasteiger partial charge in [-0.1, -0.05) is 0 Å². The van der Waals surface area contributed by atoms with E-state index in [1.807, 2.05) is 12.1 Å². The zero-order valence-corrected chi connectivity index (χ0v) is 12.1. The topological polar surface area (TPSA) is 52.6 Å². The number of hydrogen-bond acceptors (Lipinski definition) is 4. The van der Waals surface area contributed by atoms with Gasteiger partial charge in [-0.2, -0.15) is 0 Å². The first-order chi connectivity index (χ1) is 10.1. The fraction of sp³-hybridized carbons (Fsp3) is 0.294. The minimum atomic E-state index is -0.462. The van der Waals surface area contributed by atoms with Gasteiger partial charge in [-0.3, -0.25) is 9.59 Å². The third-order valence-electron chi connectivity index (χ3n) is 3.96. The fourth-order valence-electron chi connectivity index (χ4n) is 2.91. The molecule has 4 heteroatoms. The van der Waals surface area contributed by atoms with Crippen LogP contribution >= 0.6 is 0 Å². The molecule has 0 aliphatic heterocycles. The van der Waals surface area contributed by atoms with E-state index in [-0.39, 0.29) is 0 Å². The highest BCUT2D eigenvalue weighted by Gasteiger charge is 2.25. The monoisotopic (exact) mass is 284 g/mol. The number of methoxy groups -OCH3 is 2. The summed E-state index contributed by atoms with van der Waals surface area (Å²) in [6.07, 6.45) is 5.54. The third-order valence-corrected chi connectivity index (χ3v) is 3.96. The predicted octanol–water partition coefficient (Wildman–Crippen LogP) is 2.50. The summed E-state index contributed by atoms with van der Waals surface area (Å²) in [7, 11) is 3.19. The minimum absolute atomic E-state index is 0.433. The molecule has 108 valence electrons. The lowest BCUT2D eigenvalue weighted by Gasteiger charge is -2.17. The second-order valence-corrected chi connectivity index (χ2v) is 5.17. The quantitative estimate of drug-likeness (QED) is 0.618. The first-order valence-electron chi connectivity index (χ1n) is 6.90. The maximum atomic E-state index is 11.7. The van der Waals surface area contributed by atoms with Gasteiger partial charge in [0.25, 0.3) is 0 Å². The summed E-state index contributed by atoms with van der Waals surface area (Å²) in [4.78, 5) is 23.3. The van der Waals surface area contributed by atoms with E-state index in [1.165, 1.54) is 12.2 Å². The van der Waals surface area contributed by atoms with Gasteiger partial charge < -0.3 is 9.47 Å². The van der Waals surface area contributed by atoms with Crippen molar-refractivity contribution in [2.45, 2.75) is 19.3 Å². The van der Waals surface area contributed by atoms with Crippen LogP contribution in [0.5, 0.6) is 11.5 Å². The summed E-state index contributed by atoms with van der Waals surface area (Å²) < 4.78 is 10.7. The lowest BCUT2D eigenvalue weighted by atomic mass is 9.89. The Hall–Kier alpha value is -2.36. The van der Waals surface area contributed by atoms with Crippen LogP contribution in [0.4, 0.5) is 0 Å². The zero-order chi connectivity index (χ0) is 15.0. The van der Waals surface area contributed by atoms with Crippen LogP contribution in [-0.2, 0) is 16.0 Å². The molecule has 1 aromatic carbocycles. The number of allylic oxidation sites excluding steroid dienone is 4. The zero-order valence-electron chi connectivity index (χ0n) is 12.1. The Bertz CT molecular complexity index is 695. The Morgan fingerprint density at radius 1 is 0.905 bits per heavy atom. The van der Waals surface area contributed by atoms with Crippen LogP contribution in [-0.4, -0.2) is 25.8 Å². The highest BCUT2D eigenvalue weighted by atomic mass is 16.5. The van der Waals surface area contributed by atoms with Crippen molar-refractivity contribution in [1.82, 2.24) is 0 Å². The standard InChI is InChI=1S/C17H16O4/c1-20-16-7-11-5-3-4-10-6-14(18)15(19)8-12(10)13(11)9-17(16)21-2/h6-9H,3-5H2,1-2H3. The molecule has 0 heterocycles. The number of fused-ring (bicyclic) bond motifs is 3. The minimum Gasteiger partial charge on any atom is -0.493 e. The Morgan fingerprint density at radius 2 is 1.57 bits per heavy atom. The smallest absolute Gasteiger partial charge is 0.226 e. The van der Waals surface area contributed by atoms with Crippen LogP contribution < -0.4 is 9.47 Å². The van der Waals surface area contributed by atoms with Crippen molar-refractivity contribution in [2.75, 3.05) is 14.2 Å². The summed E-state index contributed by atoms with van der Waals surface area (Å²) in [5.41, 5.74) is 3.85. The number of carbonyl (C=O) groups is 2. The van der Waals surface area contributed by atoms with Gasteiger partial charge in [-0.25, -0.2) is 0 Å². The van der Waals surface area contributed by atoms with Crippen molar-refractivity contribution < 1.29 is 19.1 Å². The SMILES string of the molecule is COc1cc2c(cc1OC)C1=CC(=O)C(=O)C=C1CCC2. The van der Waals surface area contributed by atoms with Gasteiger partial charge in [0.05, 0.1) is 14.2 Å². The van der Waals surface area contributed by atoms with Gasteiger partial charge in [-0.05, 0) is 65.8 Å². The largest absolute Gasteiger partial charge is 0.493 e. The van der Waals surface area contributed by atoms with Gasteiger partial charge in [0.1, 0.15) is 0 Å². The number of aryl methyl sites for hydroxylation is 1. The Morgan fingerprint density at radius 3 is 2.29 bits per heavy atom. The molecule has 0 fully saturated rings. The van der Waals surface area contributed by atoms with E-state index < -0.39 is 11.6 Å². The van der Waals surface area contributed by atoms with Crippen molar-refractivity contribution in [2.24, 2.45) is 0 Å². The molecule has 0 spiro atoms. The van der Waals surface area contributed by atoms with Crippen molar-refractivity contribution in [3.05, 3.63) is 41.0 Å². The first-order valence-corrected chi connectivity index (χ1v) is 6.90. The molecule has 0 N–H and O–H groups in total. The van der Waals surface area contributed by atoms with Crippen molar-refractivity contribution in [3.63, 3.8) is 0 Å². The van der Waals surface area contributed by atoms with Crippen molar-refractivity contribution in [1.29, 1.82) is 0 Å². The van der Waals surface area contributed by atoms with Crippen molar-refractivity contribution >= 4 is 17.1 Å². The molecule has 2 aliphatic rings. The normalized spacial score (nSPS) is 17.2. The van der Waals surface area contributed by atoms with E-state index >= 15 is 0 Å². The number of rotatable bonds is 2. The molecule has 0 radical (unpaired) electrons. The van der Waals surface area contributed by atoms with E-state index in [2.05, 4.69) is 0 Å². The number of ether oxygens (including phenoxy) is 2. The van der Waals surface area contributed by atoms with Gasteiger partial charge in [0.15, 0.2) is 11.5 Å². The number of hydrogen-bond donors (Lipinski definition) is 0. The molecular formula is C17H16O4. The average molecular weight is 284 g/mol. The summed E-state index contributed by atoms with van der Waals surface area (Å²) in [6.45, 7) is 0. The molecule has 0 atom stereocenters. The fourth-order valence-corrected chi connectivity index (χ4v) is 2.91. The van der Waals surface area contributed by atoms with Crippen molar-refractivity contribution in [3.8, 4) is 11.5 Å². The summed E-state index contributed by atoms with van der Waals surface area (Å²) in [5, 5.41) is 0. The predicted molar refractivity (Wildman–Crippen MR) is 78.6 cm³/mol. The summed E-state index contributed by atoms with van der Waals surface area (Å²) >= 11 is 0. The molecule has 21 heavy (non-hydrogen) atoms. The Kier molecular flexibility index (Phi) is 3.37. The lowest BCUT2D eigenvalue weighted by molar-refractivity contribution is -0.131. The number of benzene rings is 1. The molecule has 0 aromatic heterocycles. The summed E-state index contributed by atoms with van der Waals surface area (Å²) in [5.74, 6) is 0.416. The van der Waals surface area contributed by atoms with Crippen LogP contribution in [0.3, 0.4) is 0 Å². The highest BCUT2D eigenvalue weighted by Crippen LogP contribution is 2.40. The highest BCUT2D eigenvalue weighted by molar-refractivity contribution is 6.48. The van der Waals surface area contributed by atoms with Crippen LogP contribution in [0.15, 0.2) is 29.9 Å². The molecule has 2 aliphatic carbocycles. The van der Waals surface area contributed by atoms with Crippen LogP contribution in [0.25, 0.3) is 5.57 Å². The molecule has 0 unspecified atom stereocenters. The van der Waals surface area contributed by atoms with E-state index in [1.54, 1.807) is 14.2 Å². The van der Waals surface area contributed by atoms with Gasteiger partial charge in [-0.15, -0.1) is 0 Å². The molecule has 0 saturated heterocycles. The Balaban J connectivity index is 2.20. The maximum absolute atomic E-state index is 11.7. The number of ketones is 2. The van der Waals surface area contributed by atoms with E-state index in [0.717, 1.165) is 41.5 Å². The third kappa shape index (κ3) is 2.27. The second-order valence-electron chi connectivity index (χ2n) is 5.17. The maximum Gasteiger partial charge on any atom is 0.226 e. The molecule has 0 bridgehead atoms. The average Bonchev–Trinajstić information content (AvgIpc) is 2.65. The first kappa shape index (κ1) is 13.6. The molecule has 3 rings (SSSR count). The molecule has 4 nitrogen and oxygen atoms in total. The molecule has 1 aromatic rings. The second kappa shape index (κ2) is 5.20. The van der Waals surface area contributed by atoms with E-state index in [0.29, 0.717) is 11.5 Å². The molecule has 0 amide bonds. The van der Waals surface area contributed by atoms with Crippen LogP contribution in [0.2, 0.25) is 0 Å². The van der Waals surface area contributed by atoms with Crippen LogP contribution in [0.1, 0.15) is 24.0 Å². The lowest BCUT2D eigenvalue weighted by Crippen LogP contribution is -2.14. The van der Waals surface area contributed by atoms with Crippen LogP contribution in [0, 0.1) is 0 Å². The number of carbonyl (C=O) groups excluding carboxylic acids is 2. The van der Waals surface area contributed by atoms with E-state index in [9.17, 15) is 9.59 Å². The van der Waals surface area contributed by atoms with Gasteiger partial charge in [0, 0.05) is 0 Å².